The molecule has 0 aliphatic carbocycles. The van der Waals surface area contributed by atoms with Crippen molar-refractivity contribution in [2.24, 2.45) is 53.8 Å². The summed E-state index contributed by atoms with van der Waals surface area (Å²) < 4.78 is 0. The molecule has 4 unspecified atom stereocenters. The summed E-state index contributed by atoms with van der Waals surface area (Å²) in [7, 11) is 0. The Hall–Kier alpha value is -2.91. The number of carboxylic acids is 3. The van der Waals surface area contributed by atoms with Crippen molar-refractivity contribution in [3.8, 4) is 0 Å². The minimum atomic E-state index is -1.00. The van der Waals surface area contributed by atoms with Gasteiger partial charge >= 0.3 is 17.9 Å². The Labute approximate surface area is 184 Å². The Balaban J connectivity index is 0.000000240. The van der Waals surface area contributed by atoms with E-state index in [4.69, 9.17) is 32.5 Å². The van der Waals surface area contributed by atoms with E-state index in [9.17, 15) is 14.4 Å². The first kappa shape index (κ1) is 27.1. The first-order chi connectivity index (χ1) is 14.5. The number of rotatable bonds is 10. The molecule has 0 fully saturated rings. The van der Waals surface area contributed by atoms with E-state index in [0.29, 0.717) is 19.3 Å². The van der Waals surface area contributed by atoms with Crippen LogP contribution in [0.5, 0.6) is 0 Å². The quantitative estimate of drug-likeness (QED) is 0.267. The maximum Gasteiger partial charge on any atom is 0.320 e. The van der Waals surface area contributed by atoms with Crippen molar-refractivity contribution in [2.45, 2.75) is 82.1 Å². The minimum absolute atomic E-state index is 0.236. The Kier molecular flexibility index (Phi) is 8.59. The van der Waals surface area contributed by atoms with Crippen LogP contribution in [0.25, 0.3) is 0 Å². The molecule has 0 bridgehead atoms. The Morgan fingerprint density at radius 3 is 1.50 bits per heavy atom. The van der Waals surface area contributed by atoms with Crippen LogP contribution in [0.3, 0.4) is 0 Å². The Morgan fingerprint density at radius 1 is 0.750 bits per heavy atom. The smallest absolute Gasteiger partial charge is 0.320 e. The maximum absolute atomic E-state index is 10.4. The van der Waals surface area contributed by atoms with E-state index in [0.717, 1.165) is 0 Å². The highest BCUT2D eigenvalue weighted by molar-refractivity contribution is 5.74. The summed E-state index contributed by atoms with van der Waals surface area (Å²) in [5, 5.41) is 47.5. The maximum atomic E-state index is 10.4. The first-order valence-electron chi connectivity index (χ1n) is 9.81. The lowest BCUT2D eigenvalue weighted by atomic mass is 9.92. The van der Waals surface area contributed by atoms with Crippen LogP contribution in [0.1, 0.15) is 47.0 Å². The van der Waals surface area contributed by atoms with E-state index >= 15 is 0 Å². The molecule has 180 valence electrons. The van der Waals surface area contributed by atoms with Crippen molar-refractivity contribution in [3.05, 3.63) is 0 Å². The molecule has 0 saturated carbocycles. The SMILES string of the molecule is CC(C(N)C(=O)O)C1(C)N=N1.CC1(CC(N)C(=O)O)N=N1.CC1(CCC(N)C(=O)O)N=N1. The third-order valence-electron chi connectivity index (χ3n) is 5.15. The van der Waals surface area contributed by atoms with Gasteiger partial charge in [-0.25, -0.2) is 0 Å². The molecule has 9 N–H and O–H groups in total. The fourth-order valence-corrected chi connectivity index (χ4v) is 2.22. The highest BCUT2D eigenvalue weighted by atomic mass is 16.4. The molecular formula is C17H31N9O6. The van der Waals surface area contributed by atoms with Gasteiger partial charge in [-0.2, -0.15) is 30.7 Å². The van der Waals surface area contributed by atoms with Gasteiger partial charge in [-0.05, 0) is 33.6 Å². The second kappa shape index (κ2) is 10.1. The van der Waals surface area contributed by atoms with Crippen molar-refractivity contribution in [3.63, 3.8) is 0 Å². The van der Waals surface area contributed by atoms with Crippen molar-refractivity contribution in [1.29, 1.82) is 0 Å². The lowest BCUT2D eigenvalue weighted by molar-refractivity contribution is -0.140. The van der Waals surface area contributed by atoms with Gasteiger partial charge in [-0.3, -0.25) is 14.4 Å². The van der Waals surface area contributed by atoms with Gasteiger partial charge < -0.3 is 32.5 Å². The van der Waals surface area contributed by atoms with Crippen LogP contribution in [0.15, 0.2) is 30.7 Å². The lowest BCUT2D eigenvalue weighted by Gasteiger charge is -2.17. The zero-order valence-corrected chi connectivity index (χ0v) is 18.4. The lowest BCUT2D eigenvalue weighted by Crippen LogP contribution is -2.42. The van der Waals surface area contributed by atoms with Crippen LogP contribution in [0.2, 0.25) is 0 Å². The average Bonchev–Trinajstić information content (AvgIpc) is 3.63. The molecule has 3 aliphatic rings. The van der Waals surface area contributed by atoms with Crippen LogP contribution < -0.4 is 17.2 Å². The first-order valence-corrected chi connectivity index (χ1v) is 9.81. The Morgan fingerprint density at radius 2 is 1.19 bits per heavy atom. The number of hydrogen-bond acceptors (Lipinski definition) is 12. The fourth-order valence-electron chi connectivity index (χ4n) is 2.22. The third-order valence-corrected chi connectivity index (χ3v) is 5.15. The van der Waals surface area contributed by atoms with E-state index in [1.807, 2.05) is 6.92 Å². The van der Waals surface area contributed by atoms with E-state index in [1.54, 1.807) is 20.8 Å². The van der Waals surface area contributed by atoms with Crippen LogP contribution in [0, 0.1) is 5.92 Å². The molecule has 4 atom stereocenters. The van der Waals surface area contributed by atoms with Crippen molar-refractivity contribution in [1.82, 2.24) is 0 Å². The van der Waals surface area contributed by atoms with Gasteiger partial charge in [0.25, 0.3) is 0 Å². The predicted octanol–water partition coefficient (Wildman–Crippen LogP) is 0.547. The number of nitrogens with two attached hydrogens (primary N) is 3. The normalized spacial score (nSPS) is 22.6. The number of hydrogen-bond donors (Lipinski definition) is 6. The van der Waals surface area contributed by atoms with Gasteiger partial charge in [0.2, 0.25) is 0 Å². The van der Waals surface area contributed by atoms with Crippen LogP contribution in [0.4, 0.5) is 0 Å². The summed E-state index contributed by atoms with van der Waals surface area (Å²) in [5.74, 6) is -3.20. The molecule has 0 aromatic heterocycles. The van der Waals surface area contributed by atoms with Crippen molar-refractivity contribution >= 4 is 17.9 Å². The second-order valence-corrected chi connectivity index (χ2v) is 8.41. The van der Waals surface area contributed by atoms with Gasteiger partial charge in [-0.15, -0.1) is 0 Å². The largest absolute Gasteiger partial charge is 0.480 e. The molecule has 32 heavy (non-hydrogen) atoms. The molecule has 0 spiro atoms. The third kappa shape index (κ3) is 9.07. The van der Waals surface area contributed by atoms with E-state index < -0.39 is 47.4 Å². The molecule has 3 heterocycles. The summed E-state index contributed by atoms with van der Waals surface area (Å²) in [6.45, 7) is 7.09. The topological polar surface area (TPSA) is 264 Å². The van der Waals surface area contributed by atoms with Crippen LogP contribution >= 0.6 is 0 Å². The Bertz CT molecular complexity index is 796. The molecule has 3 aliphatic heterocycles. The molecular weight excluding hydrogens is 426 g/mol. The minimum Gasteiger partial charge on any atom is -0.480 e. The van der Waals surface area contributed by atoms with Gasteiger partial charge in [0, 0.05) is 12.3 Å². The van der Waals surface area contributed by atoms with E-state index in [2.05, 4.69) is 30.7 Å². The summed E-state index contributed by atoms with van der Waals surface area (Å²) in [5.41, 5.74) is 14.5. The summed E-state index contributed by atoms with van der Waals surface area (Å²) in [6, 6.07) is -2.51. The second-order valence-electron chi connectivity index (χ2n) is 8.41. The molecule has 15 nitrogen and oxygen atoms in total. The van der Waals surface area contributed by atoms with Gasteiger partial charge in [0.15, 0.2) is 17.0 Å². The molecule has 15 heteroatoms. The van der Waals surface area contributed by atoms with Crippen molar-refractivity contribution in [2.75, 3.05) is 0 Å². The summed E-state index contributed by atoms with van der Waals surface area (Å²) in [6.07, 6.45) is 1.35. The van der Waals surface area contributed by atoms with Crippen LogP contribution in [-0.2, 0) is 14.4 Å². The molecule has 0 radical (unpaired) electrons. The summed E-state index contributed by atoms with van der Waals surface area (Å²) >= 11 is 0. The van der Waals surface area contributed by atoms with Gasteiger partial charge in [0.1, 0.15) is 18.1 Å². The monoisotopic (exact) mass is 457 g/mol. The highest BCUT2D eigenvalue weighted by Crippen LogP contribution is 2.36. The summed E-state index contributed by atoms with van der Waals surface area (Å²) in [4.78, 5) is 30.9. The number of nitrogens with zero attached hydrogens (tertiary/aromatic N) is 6. The molecule has 0 saturated heterocycles. The molecule has 3 rings (SSSR count). The number of carboxylic acid groups (broad SMARTS) is 3. The fraction of sp³-hybridized carbons (Fsp3) is 0.824. The number of aliphatic carboxylic acids is 3. The molecule has 0 aromatic rings. The average molecular weight is 457 g/mol. The predicted molar refractivity (Wildman–Crippen MR) is 110 cm³/mol. The van der Waals surface area contributed by atoms with Crippen LogP contribution in [-0.4, -0.2) is 68.3 Å². The number of carbonyl (C=O) groups is 3. The van der Waals surface area contributed by atoms with E-state index in [1.165, 1.54) is 0 Å². The zero-order valence-electron chi connectivity index (χ0n) is 18.4. The van der Waals surface area contributed by atoms with Gasteiger partial charge in [0.05, 0.1) is 0 Å². The van der Waals surface area contributed by atoms with E-state index in [-0.39, 0.29) is 11.6 Å². The molecule has 0 amide bonds. The highest BCUT2D eigenvalue weighted by Gasteiger charge is 2.45. The standard InChI is InChI=1S/2C6H11N3O2.C5H9N3O2/c1-6(8-9-6)3-2-4(7)5(10)11;1-3(4(7)5(10)11)6(2)8-9-6;1-5(7-8-5)2-3(6)4(9)10/h4H,2-3,7H2,1H3,(H,10,11);3-4H,7H2,1-2H3,(H,10,11);3H,2,6H2,1H3,(H,9,10). The van der Waals surface area contributed by atoms with Crippen molar-refractivity contribution < 1.29 is 29.7 Å². The van der Waals surface area contributed by atoms with Gasteiger partial charge in [-0.1, -0.05) is 6.92 Å². The zero-order chi connectivity index (χ0) is 24.9. The molecule has 0 aromatic carbocycles.